The molecule has 0 aromatic rings. The average Bonchev–Trinajstić information content (AvgIpc) is 2.35. The summed E-state index contributed by atoms with van der Waals surface area (Å²) in [6.07, 6.45) is -0.474. The number of thioether (sulfide) groups is 1. The Morgan fingerprint density at radius 2 is 2.30 bits per heavy atom. The van der Waals surface area contributed by atoms with Gasteiger partial charge in [-0.3, -0.25) is 10.6 Å². The van der Waals surface area contributed by atoms with Gasteiger partial charge >= 0.3 is 0 Å². The van der Waals surface area contributed by atoms with Crippen molar-refractivity contribution >= 4 is 11.8 Å². The first kappa shape index (κ1) is 6.91. The quantitative estimate of drug-likeness (QED) is 0.440. The molecule has 58 valence electrons. The third-order valence-electron chi connectivity index (χ3n) is 2.20. The summed E-state index contributed by atoms with van der Waals surface area (Å²) >= 11 is 1.96. The van der Waals surface area contributed by atoms with Gasteiger partial charge in [-0.2, -0.15) is 11.8 Å². The van der Waals surface area contributed by atoms with Crippen molar-refractivity contribution in [2.24, 2.45) is 0 Å². The molecule has 0 bridgehead atoms. The van der Waals surface area contributed by atoms with Gasteiger partial charge in [-0.05, 0) is 0 Å². The largest absolute Gasteiger partial charge is 0.365 e. The van der Waals surface area contributed by atoms with E-state index in [1.807, 2.05) is 11.8 Å². The molecule has 3 N–H and O–H groups in total. The number of aliphatic hydroxyl groups is 1. The molecule has 4 atom stereocenters. The number of aliphatic hydroxyl groups excluding tert-OH is 1. The van der Waals surface area contributed by atoms with Gasteiger partial charge in [0.1, 0.15) is 0 Å². The lowest BCUT2D eigenvalue weighted by molar-refractivity contribution is 0.131. The fourth-order valence-corrected chi connectivity index (χ4v) is 2.92. The smallest absolute Gasteiger partial charge is 0.161 e. The highest BCUT2D eigenvalue weighted by Crippen LogP contribution is 2.29. The summed E-state index contributed by atoms with van der Waals surface area (Å²) in [6, 6.07) is 0.954. The van der Waals surface area contributed by atoms with E-state index >= 15 is 0 Å². The zero-order chi connectivity index (χ0) is 7.14. The maximum absolute atomic E-state index is 9.12. The summed E-state index contributed by atoms with van der Waals surface area (Å²) in [5, 5.41) is 15.9. The topological polar surface area (TPSA) is 44.3 Å². The van der Waals surface area contributed by atoms with Crippen LogP contribution in [0.15, 0.2) is 0 Å². The molecule has 2 aliphatic heterocycles. The van der Waals surface area contributed by atoms with Gasteiger partial charge in [0.05, 0.1) is 0 Å². The van der Waals surface area contributed by atoms with Crippen molar-refractivity contribution in [1.82, 2.24) is 10.6 Å². The van der Waals surface area contributed by atoms with Crippen LogP contribution in [0.4, 0.5) is 0 Å². The first-order valence-electron chi connectivity index (χ1n) is 3.59. The molecule has 0 amide bonds. The monoisotopic (exact) mass is 160 g/mol. The molecule has 4 heteroatoms. The highest BCUT2D eigenvalue weighted by atomic mass is 32.2. The summed E-state index contributed by atoms with van der Waals surface area (Å²) in [7, 11) is 0. The Kier molecular flexibility index (Phi) is 1.64. The van der Waals surface area contributed by atoms with Crippen molar-refractivity contribution in [3.8, 4) is 0 Å². The zero-order valence-electron chi connectivity index (χ0n) is 5.87. The molecule has 0 aliphatic carbocycles. The van der Waals surface area contributed by atoms with Crippen molar-refractivity contribution in [3.05, 3.63) is 0 Å². The van der Waals surface area contributed by atoms with E-state index in [1.54, 1.807) is 0 Å². The van der Waals surface area contributed by atoms with Gasteiger partial charge in [-0.15, -0.1) is 0 Å². The fourth-order valence-electron chi connectivity index (χ4n) is 1.63. The number of hydrogen-bond donors (Lipinski definition) is 3. The van der Waals surface area contributed by atoms with Crippen LogP contribution in [0.3, 0.4) is 0 Å². The van der Waals surface area contributed by atoms with Gasteiger partial charge in [0.15, 0.2) is 6.35 Å². The third kappa shape index (κ3) is 0.955. The van der Waals surface area contributed by atoms with E-state index < -0.39 is 6.35 Å². The van der Waals surface area contributed by atoms with Crippen molar-refractivity contribution in [3.63, 3.8) is 0 Å². The second kappa shape index (κ2) is 2.37. The lowest BCUT2D eigenvalue weighted by atomic mass is 10.1. The van der Waals surface area contributed by atoms with E-state index in [0.717, 1.165) is 5.75 Å². The Bertz CT molecular complexity index is 144. The Morgan fingerprint density at radius 3 is 3.00 bits per heavy atom. The molecule has 2 rings (SSSR count). The van der Waals surface area contributed by atoms with Gasteiger partial charge in [-0.25, -0.2) is 0 Å². The van der Waals surface area contributed by atoms with Gasteiger partial charge in [-0.1, -0.05) is 6.92 Å². The zero-order valence-corrected chi connectivity index (χ0v) is 6.69. The summed E-state index contributed by atoms with van der Waals surface area (Å²) in [4.78, 5) is 0. The Balaban J connectivity index is 2.05. The van der Waals surface area contributed by atoms with E-state index in [0.29, 0.717) is 17.3 Å². The van der Waals surface area contributed by atoms with Crippen LogP contribution in [0.1, 0.15) is 6.92 Å². The second-order valence-corrected chi connectivity index (χ2v) is 4.32. The van der Waals surface area contributed by atoms with Crippen LogP contribution in [0.5, 0.6) is 0 Å². The van der Waals surface area contributed by atoms with Crippen LogP contribution in [0, 0.1) is 0 Å². The molecule has 2 aliphatic rings. The second-order valence-electron chi connectivity index (χ2n) is 2.91. The third-order valence-corrected chi connectivity index (χ3v) is 3.57. The summed E-state index contributed by atoms with van der Waals surface area (Å²) in [5.41, 5.74) is 0. The molecule has 0 aromatic carbocycles. The lowest BCUT2D eigenvalue weighted by Gasteiger charge is -2.11. The van der Waals surface area contributed by atoms with Crippen LogP contribution in [0.25, 0.3) is 0 Å². The van der Waals surface area contributed by atoms with Crippen molar-refractivity contribution in [2.75, 3.05) is 5.75 Å². The minimum atomic E-state index is -0.474. The number of hydrogen-bond acceptors (Lipinski definition) is 4. The predicted molar refractivity (Wildman–Crippen MR) is 41.8 cm³/mol. The van der Waals surface area contributed by atoms with Crippen LogP contribution < -0.4 is 10.6 Å². The number of fused-ring (bicyclic) bond motifs is 1. The Labute approximate surface area is 64.6 Å². The molecule has 2 saturated heterocycles. The highest BCUT2D eigenvalue weighted by molar-refractivity contribution is 8.00. The van der Waals surface area contributed by atoms with Crippen LogP contribution in [-0.2, 0) is 0 Å². The Morgan fingerprint density at radius 1 is 1.50 bits per heavy atom. The molecule has 2 fully saturated rings. The van der Waals surface area contributed by atoms with E-state index in [9.17, 15) is 0 Å². The van der Waals surface area contributed by atoms with Gasteiger partial charge in [0, 0.05) is 23.1 Å². The van der Waals surface area contributed by atoms with E-state index in [4.69, 9.17) is 5.11 Å². The van der Waals surface area contributed by atoms with Crippen molar-refractivity contribution < 1.29 is 5.11 Å². The maximum atomic E-state index is 9.12. The van der Waals surface area contributed by atoms with Gasteiger partial charge in [0.2, 0.25) is 0 Å². The molecular weight excluding hydrogens is 148 g/mol. The number of rotatable bonds is 0. The molecule has 0 saturated carbocycles. The van der Waals surface area contributed by atoms with E-state index in [-0.39, 0.29) is 0 Å². The van der Waals surface area contributed by atoms with Crippen molar-refractivity contribution in [1.29, 1.82) is 0 Å². The summed E-state index contributed by atoms with van der Waals surface area (Å²) in [5.74, 6) is 1.12. The first-order chi connectivity index (χ1) is 4.77. The van der Waals surface area contributed by atoms with Gasteiger partial charge in [0.25, 0.3) is 0 Å². The first-order valence-corrected chi connectivity index (χ1v) is 4.64. The molecule has 3 nitrogen and oxygen atoms in total. The summed E-state index contributed by atoms with van der Waals surface area (Å²) < 4.78 is 0. The predicted octanol–water partition coefficient (Wildman–Crippen LogP) is -0.672. The van der Waals surface area contributed by atoms with Crippen LogP contribution >= 0.6 is 11.8 Å². The van der Waals surface area contributed by atoms with Crippen LogP contribution in [0.2, 0.25) is 0 Å². The molecule has 2 heterocycles. The minimum Gasteiger partial charge on any atom is -0.365 e. The lowest BCUT2D eigenvalue weighted by Crippen LogP contribution is -2.36. The molecule has 0 aromatic heterocycles. The van der Waals surface area contributed by atoms with E-state index in [2.05, 4.69) is 17.6 Å². The molecular formula is C6H12N2OS. The normalized spacial score (nSPS) is 53.4. The summed E-state index contributed by atoms with van der Waals surface area (Å²) in [6.45, 7) is 2.20. The number of nitrogens with one attached hydrogen (secondary N) is 2. The SMILES string of the molecule is C[C@@H]1SCC2NC(O)NC21. The standard InChI is InChI=1S/C6H12N2OS/c1-3-5-4(2-10-3)7-6(9)8-5/h3-9H,2H2,1H3/t3-,4?,5?,6?/m0/s1. The molecule has 0 spiro atoms. The molecule has 3 unspecified atom stereocenters. The van der Waals surface area contributed by atoms with Crippen LogP contribution in [-0.4, -0.2) is 34.5 Å². The molecule has 10 heavy (non-hydrogen) atoms. The fraction of sp³-hybridized carbons (Fsp3) is 1.00. The minimum absolute atomic E-state index is 0.472. The molecule has 0 radical (unpaired) electrons. The van der Waals surface area contributed by atoms with Gasteiger partial charge < -0.3 is 5.11 Å². The Hall–Kier alpha value is 0.230. The van der Waals surface area contributed by atoms with E-state index in [1.165, 1.54) is 0 Å². The maximum Gasteiger partial charge on any atom is 0.161 e. The van der Waals surface area contributed by atoms with Crippen molar-refractivity contribution in [2.45, 2.75) is 30.6 Å². The average molecular weight is 160 g/mol. The highest BCUT2D eigenvalue weighted by Gasteiger charge is 2.40.